The van der Waals surface area contributed by atoms with Gasteiger partial charge in [0, 0.05) is 18.1 Å². The zero-order valence-corrected chi connectivity index (χ0v) is 13.9. The van der Waals surface area contributed by atoms with Crippen LogP contribution in [0.25, 0.3) is 0 Å². The number of hydrogen-bond acceptors (Lipinski definition) is 5. The van der Waals surface area contributed by atoms with Crippen LogP contribution in [0.5, 0.6) is 0 Å². The van der Waals surface area contributed by atoms with Crippen molar-refractivity contribution in [2.75, 3.05) is 11.9 Å². The molecule has 5 heteroatoms. The van der Waals surface area contributed by atoms with Crippen LogP contribution in [0, 0.1) is 13.8 Å². The molecule has 0 radical (unpaired) electrons. The summed E-state index contributed by atoms with van der Waals surface area (Å²) in [5.41, 5.74) is 4.06. The minimum atomic E-state index is 0.929. The highest BCUT2D eigenvalue weighted by molar-refractivity contribution is 7.97. The van der Waals surface area contributed by atoms with Crippen molar-refractivity contribution >= 4 is 28.2 Å². The van der Waals surface area contributed by atoms with E-state index in [0.717, 1.165) is 34.6 Å². The highest BCUT2D eigenvalue weighted by atomic mass is 32.2. The third kappa shape index (κ3) is 4.80. The molecule has 3 nitrogen and oxygen atoms in total. The third-order valence-corrected chi connectivity index (χ3v) is 4.85. The maximum absolute atomic E-state index is 4.22. The van der Waals surface area contributed by atoms with Crippen molar-refractivity contribution in [3.8, 4) is 0 Å². The summed E-state index contributed by atoms with van der Waals surface area (Å²) in [5, 5.41) is 13.7. The predicted molar refractivity (Wildman–Crippen MR) is 89.6 cm³/mol. The Balaban J connectivity index is 1.81. The Kier molecular flexibility index (Phi) is 5.86. The van der Waals surface area contributed by atoms with Gasteiger partial charge in [0.2, 0.25) is 5.13 Å². The Hall–Kier alpha value is -1.07. The second-order valence-corrected chi connectivity index (χ2v) is 6.96. The molecule has 1 aromatic carbocycles. The van der Waals surface area contributed by atoms with Gasteiger partial charge in [0.15, 0.2) is 0 Å². The molecular weight excluding hydrogens is 286 g/mol. The van der Waals surface area contributed by atoms with Gasteiger partial charge in [-0.15, -0.1) is 22.0 Å². The van der Waals surface area contributed by atoms with Crippen molar-refractivity contribution in [1.82, 2.24) is 10.2 Å². The standard InChI is InChI=1S/C15H21N3S2/c1-4-5-16-15-18-17-14(20-15)10-19-9-13-7-11(2)6-12(3)8-13/h6-8H,4-5,9-10H2,1-3H3,(H,16,18). The second kappa shape index (κ2) is 7.64. The molecule has 2 aromatic rings. The van der Waals surface area contributed by atoms with Gasteiger partial charge in [-0.1, -0.05) is 47.6 Å². The molecule has 0 saturated carbocycles. The number of nitrogens with zero attached hydrogens (tertiary/aromatic N) is 2. The molecule has 0 aliphatic carbocycles. The van der Waals surface area contributed by atoms with Gasteiger partial charge in [0.1, 0.15) is 5.01 Å². The summed E-state index contributed by atoms with van der Waals surface area (Å²) < 4.78 is 0. The number of thioether (sulfide) groups is 1. The lowest BCUT2D eigenvalue weighted by atomic mass is 10.1. The van der Waals surface area contributed by atoms with E-state index in [2.05, 4.69) is 54.5 Å². The molecular formula is C15H21N3S2. The SMILES string of the molecule is CCCNc1nnc(CSCc2cc(C)cc(C)c2)s1. The molecule has 108 valence electrons. The summed E-state index contributed by atoms with van der Waals surface area (Å²) >= 11 is 3.55. The normalized spacial score (nSPS) is 10.8. The van der Waals surface area contributed by atoms with Crippen LogP contribution < -0.4 is 5.32 Å². The quantitative estimate of drug-likeness (QED) is 0.822. The van der Waals surface area contributed by atoms with Crippen LogP contribution >= 0.6 is 23.1 Å². The topological polar surface area (TPSA) is 37.8 Å². The number of hydrogen-bond donors (Lipinski definition) is 1. The fraction of sp³-hybridized carbons (Fsp3) is 0.467. The summed E-state index contributed by atoms with van der Waals surface area (Å²) in [6.45, 7) is 7.41. The minimum absolute atomic E-state index is 0.929. The number of nitrogens with one attached hydrogen (secondary N) is 1. The van der Waals surface area contributed by atoms with Crippen LogP contribution in [0.1, 0.15) is 35.0 Å². The molecule has 20 heavy (non-hydrogen) atoms. The van der Waals surface area contributed by atoms with E-state index in [0.29, 0.717) is 0 Å². The Morgan fingerprint density at radius 3 is 2.55 bits per heavy atom. The van der Waals surface area contributed by atoms with Crippen molar-refractivity contribution < 1.29 is 0 Å². The first-order valence-electron chi connectivity index (χ1n) is 6.88. The van der Waals surface area contributed by atoms with Crippen molar-refractivity contribution in [2.45, 2.75) is 38.7 Å². The smallest absolute Gasteiger partial charge is 0.205 e. The lowest BCUT2D eigenvalue weighted by molar-refractivity contribution is 0.958. The van der Waals surface area contributed by atoms with Crippen molar-refractivity contribution in [2.24, 2.45) is 0 Å². The van der Waals surface area contributed by atoms with Crippen LogP contribution in [0.4, 0.5) is 5.13 Å². The average molecular weight is 307 g/mol. The Morgan fingerprint density at radius 2 is 1.85 bits per heavy atom. The van der Waals surface area contributed by atoms with Gasteiger partial charge in [-0.2, -0.15) is 0 Å². The monoisotopic (exact) mass is 307 g/mol. The molecule has 0 aliphatic rings. The number of rotatable bonds is 7. The van der Waals surface area contributed by atoms with E-state index in [1.54, 1.807) is 11.3 Å². The summed E-state index contributed by atoms with van der Waals surface area (Å²) in [6.07, 6.45) is 1.11. The number of anilines is 1. The van der Waals surface area contributed by atoms with E-state index >= 15 is 0 Å². The largest absolute Gasteiger partial charge is 0.360 e. The van der Waals surface area contributed by atoms with Gasteiger partial charge in [-0.3, -0.25) is 0 Å². The summed E-state index contributed by atoms with van der Waals surface area (Å²) in [6, 6.07) is 6.73. The molecule has 1 N–H and O–H groups in total. The first-order valence-corrected chi connectivity index (χ1v) is 8.85. The van der Waals surface area contributed by atoms with Gasteiger partial charge in [0.25, 0.3) is 0 Å². The first kappa shape index (κ1) is 15.3. The summed E-state index contributed by atoms with van der Waals surface area (Å²) in [4.78, 5) is 0. The minimum Gasteiger partial charge on any atom is -0.360 e. The molecule has 0 atom stereocenters. The maximum Gasteiger partial charge on any atom is 0.205 e. The van der Waals surface area contributed by atoms with Crippen LogP contribution in [0.15, 0.2) is 18.2 Å². The fourth-order valence-electron chi connectivity index (χ4n) is 2.02. The molecule has 1 heterocycles. The maximum atomic E-state index is 4.22. The van der Waals surface area contributed by atoms with E-state index in [1.165, 1.54) is 16.7 Å². The van der Waals surface area contributed by atoms with Crippen LogP contribution in [0.2, 0.25) is 0 Å². The molecule has 0 amide bonds. The zero-order valence-electron chi connectivity index (χ0n) is 12.3. The van der Waals surface area contributed by atoms with Crippen LogP contribution in [-0.2, 0) is 11.5 Å². The number of aromatic nitrogens is 2. The van der Waals surface area contributed by atoms with E-state index in [9.17, 15) is 0 Å². The van der Waals surface area contributed by atoms with Crippen LogP contribution in [-0.4, -0.2) is 16.7 Å². The predicted octanol–water partition coefficient (Wildman–Crippen LogP) is 4.41. The summed E-state index contributed by atoms with van der Waals surface area (Å²) in [7, 11) is 0. The van der Waals surface area contributed by atoms with E-state index < -0.39 is 0 Å². The molecule has 0 spiro atoms. The first-order chi connectivity index (χ1) is 9.67. The van der Waals surface area contributed by atoms with E-state index in [1.807, 2.05) is 11.8 Å². The highest BCUT2D eigenvalue weighted by Crippen LogP contribution is 2.23. The van der Waals surface area contributed by atoms with Gasteiger partial charge in [-0.05, 0) is 25.8 Å². The third-order valence-electron chi connectivity index (χ3n) is 2.77. The van der Waals surface area contributed by atoms with E-state index in [-0.39, 0.29) is 0 Å². The van der Waals surface area contributed by atoms with Crippen molar-refractivity contribution in [3.05, 3.63) is 39.9 Å². The Morgan fingerprint density at radius 1 is 1.10 bits per heavy atom. The number of aryl methyl sites for hydroxylation is 2. The second-order valence-electron chi connectivity index (χ2n) is 4.92. The molecule has 0 unspecified atom stereocenters. The Labute approximate surface area is 129 Å². The molecule has 1 aromatic heterocycles. The summed E-state index contributed by atoms with van der Waals surface area (Å²) in [5.74, 6) is 1.96. The van der Waals surface area contributed by atoms with Gasteiger partial charge < -0.3 is 5.32 Å². The van der Waals surface area contributed by atoms with Gasteiger partial charge >= 0.3 is 0 Å². The average Bonchev–Trinajstić information content (AvgIpc) is 2.83. The molecule has 2 rings (SSSR count). The molecule has 0 saturated heterocycles. The van der Waals surface area contributed by atoms with Crippen molar-refractivity contribution in [3.63, 3.8) is 0 Å². The van der Waals surface area contributed by atoms with Crippen molar-refractivity contribution in [1.29, 1.82) is 0 Å². The molecule has 0 bridgehead atoms. The Bertz CT molecular complexity index is 532. The van der Waals surface area contributed by atoms with Crippen LogP contribution in [0.3, 0.4) is 0 Å². The van der Waals surface area contributed by atoms with E-state index in [4.69, 9.17) is 0 Å². The molecule has 0 aliphatic heterocycles. The van der Waals surface area contributed by atoms with Gasteiger partial charge in [-0.25, -0.2) is 0 Å². The fourth-order valence-corrected chi connectivity index (χ4v) is 3.81. The molecule has 0 fully saturated rings. The highest BCUT2D eigenvalue weighted by Gasteiger charge is 2.04. The number of benzene rings is 1. The lowest BCUT2D eigenvalue weighted by Gasteiger charge is -2.04. The zero-order chi connectivity index (χ0) is 14.4. The lowest BCUT2D eigenvalue weighted by Crippen LogP contribution is -1.98. The van der Waals surface area contributed by atoms with Gasteiger partial charge in [0.05, 0.1) is 0 Å².